The van der Waals surface area contributed by atoms with Crippen LogP contribution < -0.4 is 21.3 Å². The average Bonchev–Trinajstić information content (AvgIpc) is 3.86. The van der Waals surface area contributed by atoms with Gasteiger partial charge < -0.3 is 14.0 Å². The Hall–Kier alpha value is -8.72. The minimum Gasteiger partial charge on any atom is -0.320 e. The second-order valence-corrected chi connectivity index (χ2v) is 15.9. The largest absolute Gasteiger partial charge is 0.320 e. The topological polar surface area (TPSA) is 67.0 Å². The molecule has 2 aliphatic rings. The first-order valence-corrected chi connectivity index (χ1v) is 20.6. The van der Waals surface area contributed by atoms with Gasteiger partial charge in [0, 0.05) is 68.7 Å². The molecule has 0 fully saturated rings. The molecule has 8 heteroatoms. The maximum Gasteiger partial charge on any atom is 0.250 e. The second-order valence-electron chi connectivity index (χ2n) is 15.9. The highest BCUT2D eigenvalue weighted by Gasteiger charge is 2.45. The molecule has 62 heavy (non-hydrogen) atoms. The van der Waals surface area contributed by atoms with Crippen molar-refractivity contribution in [2.45, 2.75) is 0 Å². The highest BCUT2D eigenvalue weighted by molar-refractivity contribution is 7.00. The number of benzene rings is 7. The van der Waals surface area contributed by atoms with E-state index in [4.69, 9.17) is 0 Å². The third-order valence-electron chi connectivity index (χ3n) is 12.9. The molecule has 13 rings (SSSR count). The van der Waals surface area contributed by atoms with Gasteiger partial charge in [0.25, 0.3) is 6.71 Å². The zero-order valence-corrected chi connectivity index (χ0v) is 33.0. The fourth-order valence-electron chi connectivity index (χ4n) is 10.5. The van der Waals surface area contributed by atoms with Crippen LogP contribution in [0.1, 0.15) is 5.56 Å². The van der Waals surface area contributed by atoms with E-state index in [1.165, 1.54) is 0 Å². The zero-order valence-electron chi connectivity index (χ0n) is 33.0. The fraction of sp³-hybridized carbons (Fsp3) is 0. The lowest BCUT2D eigenvalue weighted by Gasteiger charge is -2.38. The fourth-order valence-corrected chi connectivity index (χ4v) is 10.5. The van der Waals surface area contributed by atoms with Crippen LogP contribution in [0.25, 0.3) is 82.1 Å². The Kier molecular flexibility index (Phi) is 7.11. The molecule has 6 heterocycles. The zero-order chi connectivity index (χ0) is 41.1. The van der Waals surface area contributed by atoms with Gasteiger partial charge in [-0.05, 0) is 87.2 Å². The normalized spacial score (nSPS) is 12.1. The van der Waals surface area contributed by atoms with Gasteiger partial charge in [-0.25, -0.2) is 4.85 Å². The first-order chi connectivity index (χ1) is 30.7. The minimum atomic E-state index is -0.228. The van der Waals surface area contributed by atoms with Crippen LogP contribution in [-0.4, -0.2) is 25.8 Å². The maximum absolute atomic E-state index is 11.9. The number of rotatable bonds is 5. The van der Waals surface area contributed by atoms with E-state index in [9.17, 15) is 11.8 Å². The molecule has 0 unspecified atom stereocenters. The van der Waals surface area contributed by atoms with E-state index in [-0.39, 0.29) is 6.71 Å². The third-order valence-corrected chi connectivity index (χ3v) is 12.9. The van der Waals surface area contributed by atoms with Crippen LogP contribution in [0.4, 0.5) is 22.7 Å². The summed E-state index contributed by atoms with van der Waals surface area (Å²) in [7, 11) is 0. The molecule has 284 valence electrons. The van der Waals surface area contributed by atoms with Gasteiger partial charge in [0.1, 0.15) is 6.07 Å². The second kappa shape index (κ2) is 12.9. The van der Waals surface area contributed by atoms with Crippen molar-refractivity contribution in [3.05, 3.63) is 199 Å². The van der Waals surface area contributed by atoms with Gasteiger partial charge in [-0.1, -0.05) is 109 Å². The highest BCUT2D eigenvalue weighted by atomic mass is 15.2. The quantitative estimate of drug-likeness (QED) is 0.129. The van der Waals surface area contributed by atoms with Gasteiger partial charge in [-0.3, -0.25) is 9.97 Å². The number of anilines is 3. The monoisotopic (exact) mass is 787 g/mol. The number of para-hydroxylation sites is 4. The Morgan fingerprint density at radius 2 is 1.03 bits per heavy atom. The van der Waals surface area contributed by atoms with E-state index in [0.717, 1.165) is 105 Å². The molecule has 11 aromatic rings. The van der Waals surface area contributed by atoms with Crippen molar-refractivity contribution in [3.63, 3.8) is 0 Å². The van der Waals surface area contributed by atoms with Crippen molar-refractivity contribution in [1.82, 2.24) is 19.1 Å². The summed E-state index contributed by atoms with van der Waals surface area (Å²) >= 11 is 0. The lowest BCUT2D eigenvalue weighted by molar-refractivity contribution is 1.13. The molecule has 0 saturated carbocycles. The summed E-state index contributed by atoms with van der Waals surface area (Å²) in [6.07, 6.45) is 7.27. The van der Waals surface area contributed by atoms with E-state index >= 15 is 0 Å². The smallest absolute Gasteiger partial charge is 0.250 e. The SMILES string of the molecule is [C-]#[N+]c1c(N(c2ccc(-c3cccnc3)cc2)c2ccc(-c3cccnc3)cc2)c(C#N)c2c3c1-n1c4ccccc4c4cccc(c41)B3c1cccc3c4ccccc4n-2c13. The standard InChI is InChI=1S/C54H30BN7/c1-57-49-53(60(37-24-20-33(21-25-37)35-10-8-28-58-31-35)38-26-22-34(23-27-38)36-11-9-29-59-32-36)43(30-56)52-48-54(49)62-47-19-5-3-13-40(47)42-15-7-17-45(51(42)62)55(48)44-16-6-14-41-39-12-2-4-18-46(39)61(52)50(41)44/h2-29,31-32H. The number of fused-ring (bicyclic) bond motifs is 10. The van der Waals surface area contributed by atoms with E-state index in [2.05, 4.69) is 168 Å². The van der Waals surface area contributed by atoms with Gasteiger partial charge in [-0.15, -0.1) is 0 Å². The molecule has 0 N–H and O–H groups in total. The van der Waals surface area contributed by atoms with Crippen LogP contribution in [0.2, 0.25) is 0 Å². The summed E-state index contributed by atoms with van der Waals surface area (Å²) in [4.78, 5) is 15.4. The molecule has 0 aliphatic carbocycles. The number of nitrogens with zero attached hydrogens (tertiary/aromatic N) is 7. The predicted octanol–water partition coefficient (Wildman–Crippen LogP) is 11.0. The summed E-state index contributed by atoms with van der Waals surface area (Å²) in [5.74, 6) is 0. The molecule has 7 nitrogen and oxygen atoms in total. The Morgan fingerprint density at radius 1 is 0.532 bits per heavy atom. The Labute approximate surface area is 356 Å². The molecular formula is C54H30BN7. The molecule has 0 atom stereocenters. The minimum absolute atomic E-state index is 0.228. The van der Waals surface area contributed by atoms with Gasteiger partial charge in [-0.2, -0.15) is 5.26 Å². The summed E-state index contributed by atoms with van der Waals surface area (Å²) < 4.78 is 4.64. The molecule has 0 radical (unpaired) electrons. The van der Waals surface area contributed by atoms with Crippen molar-refractivity contribution in [1.29, 1.82) is 5.26 Å². The lowest BCUT2D eigenvalue weighted by atomic mass is 9.34. The third kappa shape index (κ3) is 4.53. The first kappa shape index (κ1) is 34.2. The van der Waals surface area contributed by atoms with Gasteiger partial charge in [0.15, 0.2) is 0 Å². The predicted molar refractivity (Wildman–Crippen MR) is 252 cm³/mol. The van der Waals surface area contributed by atoms with Gasteiger partial charge in [0.05, 0.1) is 40.2 Å². The highest BCUT2D eigenvalue weighted by Crippen LogP contribution is 2.51. The van der Waals surface area contributed by atoms with Crippen molar-refractivity contribution in [2.75, 3.05) is 4.90 Å². The number of hydrogen-bond acceptors (Lipinski definition) is 4. The molecule has 4 aromatic heterocycles. The number of hydrogen-bond donors (Lipinski definition) is 0. The van der Waals surface area contributed by atoms with E-state index < -0.39 is 0 Å². The van der Waals surface area contributed by atoms with Crippen LogP contribution in [-0.2, 0) is 0 Å². The Bertz CT molecular complexity index is 3520. The number of pyridine rings is 2. The number of nitriles is 1. The molecule has 2 aliphatic heterocycles. The average molecular weight is 788 g/mol. The Morgan fingerprint density at radius 3 is 1.52 bits per heavy atom. The van der Waals surface area contributed by atoms with Crippen LogP contribution >= 0.6 is 0 Å². The van der Waals surface area contributed by atoms with Crippen molar-refractivity contribution >= 4 is 89.5 Å². The van der Waals surface area contributed by atoms with E-state index in [1.807, 2.05) is 36.7 Å². The molecule has 0 amide bonds. The van der Waals surface area contributed by atoms with Crippen LogP contribution in [0.5, 0.6) is 0 Å². The molecule has 0 spiro atoms. The lowest BCUT2D eigenvalue weighted by Crippen LogP contribution is -2.59. The van der Waals surface area contributed by atoms with Crippen LogP contribution in [0, 0.1) is 17.9 Å². The van der Waals surface area contributed by atoms with Crippen LogP contribution in [0.3, 0.4) is 0 Å². The first-order valence-electron chi connectivity index (χ1n) is 20.6. The van der Waals surface area contributed by atoms with Crippen molar-refractivity contribution < 1.29 is 0 Å². The summed E-state index contributed by atoms with van der Waals surface area (Å²) in [6.45, 7) is 9.04. The van der Waals surface area contributed by atoms with Crippen molar-refractivity contribution in [3.8, 4) is 39.7 Å². The van der Waals surface area contributed by atoms with Crippen molar-refractivity contribution in [2.24, 2.45) is 0 Å². The Balaban J connectivity index is 1.20. The maximum atomic E-state index is 11.9. The molecule has 0 saturated heterocycles. The van der Waals surface area contributed by atoms with Gasteiger partial charge >= 0.3 is 0 Å². The van der Waals surface area contributed by atoms with E-state index in [0.29, 0.717) is 16.9 Å². The summed E-state index contributed by atoms with van der Waals surface area (Å²) in [6, 6.07) is 57.6. The van der Waals surface area contributed by atoms with E-state index in [1.54, 1.807) is 12.4 Å². The summed E-state index contributed by atoms with van der Waals surface area (Å²) in [5, 5.41) is 16.4. The molecule has 0 bridgehead atoms. The van der Waals surface area contributed by atoms with Crippen LogP contribution in [0.15, 0.2) is 183 Å². The molecular weight excluding hydrogens is 757 g/mol. The van der Waals surface area contributed by atoms with Gasteiger partial charge in [0.2, 0.25) is 5.69 Å². The molecule has 7 aromatic carbocycles. The number of aromatic nitrogens is 4. The summed E-state index contributed by atoms with van der Waals surface area (Å²) in [5.41, 5.74) is 16.2.